The summed E-state index contributed by atoms with van der Waals surface area (Å²) in [5, 5.41) is 9.82. The Hall–Kier alpha value is -3.45. The van der Waals surface area contributed by atoms with Crippen LogP contribution in [0.2, 0.25) is 0 Å². The highest BCUT2D eigenvalue weighted by molar-refractivity contribution is 6.05. The average Bonchev–Trinajstić information content (AvgIpc) is 3.32. The molecule has 1 saturated heterocycles. The van der Waals surface area contributed by atoms with Crippen molar-refractivity contribution in [2.24, 2.45) is 10.7 Å². The lowest BCUT2D eigenvalue weighted by Gasteiger charge is -2.24. The summed E-state index contributed by atoms with van der Waals surface area (Å²) in [5.74, 6) is 0.338. The minimum Gasteiger partial charge on any atom is -0.392 e. The van der Waals surface area contributed by atoms with Gasteiger partial charge in [0.25, 0.3) is 5.91 Å². The van der Waals surface area contributed by atoms with E-state index in [-0.39, 0.29) is 24.8 Å². The van der Waals surface area contributed by atoms with Crippen LogP contribution in [0.4, 0.5) is 5.69 Å². The van der Waals surface area contributed by atoms with Gasteiger partial charge in [-0.3, -0.25) is 9.59 Å². The first kappa shape index (κ1) is 24.7. The van der Waals surface area contributed by atoms with E-state index in [4.69, 9.17) is 5.73 Å². The van der Waals surface area contributed by atoms with Crippen LogP contribution < -0.4 is 5.73 Å². The molecular weight excluding hydrogens is 440 g/mol. The Morgan fingerprint density at radius 1 is 1.11 bits per heavy atom. The van der Waals surface area contributed by atoms with E-state index >= 15 is 0 Å². The van der Waals surface area contributed by atoms with E-state index in [2.05, 4.69) is 4.99 Å². The first-order valence-corrected chi connectivity index (χ1v) is 12.4. The summed E-state index contributed by atoms with van der Waals surface area (Å²) in [4.78, 5) is 34.0. The first-order valence-electron chi connectivity index (χ1n) is 12.4. The van der Waals surface area contributed by atoms with Crippen LogP contribution in [0.1, 0.15) is 55.5 Å². The summed E-state index contributed by atoms with van der Waals surface area (Å²) in [7, 11) is 0. The van der Waals surface area contributed by atoms with Crippen LogP contribution in [0.25, 0.3) is 17.2 Å². The van der Waals surface area contributed by atoms with Crippen molar-refractivity contribution >= 4 is 29.4 Å². The Kier molecular flexibility index (Phi) is 7.66. The number of nitrogens with two attached hydrogens (primary N) is 1. The molecule has 1 unspecified atom stereocenters. The highest BCUT2D eigenvalue weighted by Crippen LogP contribution is 2.32. The van der Waals surface area contributed by atoms with Gasteiger partial charge in [-0.1, -0.05) is 31.2 Å². The molecule has 0 spiro atoms. The van der Waals surface area contributed by atoms with Gasteiger partial charge in [0, 0.05) is 49.3 Å². The number of aliphatic hydroxyl groups excluding tert-OH is 1. The lowest BCUT2D eigenvalue weighted by molar-refractivity contribution is -0.128. The van der Waals surface area contributed by atoms with Crippen molar-refractivity contribution < 1.29 is 14.7 Å². The number of rotatable bonds is 7. The molecule has 0 aromatic heterocycles. The van der Waals surface area contributed by atoms with Gasteiger partial charge in [0.2, 0.25) is 5.91 Å². The van der Waals surface area contributed by atoms with Gasteiger partial charge in [0.15, 0.2) is 0 Å². The Balaban J connectivity index is 1.58. The predicted octanol–water partition coefficient (Wildman–Crippen LogP) is 3.98. The number of aliphatic imine (C=N–C) groups is 1. The lowest BCUT2D eigenvalue weighted by atomic mass is 9.99. The Bertz CT molecular complexity index is 1150. The number of amides is 2. The summed E-state index contributed by atoms with van der Waals surface area (Å²) >= 11 is 0. The Labute approximate surface area is 206 Å². The molecule has 35 heavy (non-hydrogen) atoms. The van der Waals surface area contributed by atoms with E-state index in [0.29, 0.717) is 29.2 Å². The van der Waals surface area contributed by atoms with Crippen molar-refractivity contribution in [3.05, 3.63) is 59.2 Å². The van der Waals surface area contributed by atoms with Crippen LogP contribution in [-0.4, -0.2) is 64.8 Å². The van der Waals surface area contributed by atoms with Crippen molar-refractivity contribution in [2.75, 3.05) is 26.2 Å². The van der Waals surface area contributed by atoms with Crippen LogP contribution in [0.3, 0.4) is 0 Å². The van der Waals surface area contributed by atoms with Crippen molar-refractivity contribution in [3.63, 3.8) is 0 Å². The predicted molar refractivity (Wildman–Crippen MR) is 139 cm³/mol. The molecule has 2 aromatic rings. The summed E-state index contributed by atoms with van der Waals surface area (Å²) in [5.41, 5.74) is 10.9. The fraction of sp³-hybridized carbons (Fsp3) is 0.393. The van der Waals surface area contributed by atoms with Crippen LogP contribution in [-0.2, 0) is 4.79 Å². The molecule has 0 bridgehead atoms. The second-order valence-corrected chi connectivity index (χ2v) is 9.40. The molecular formula is C28H34N4O3. The zero-order valence-corrected chi connectivity index (χ0v) is 20.5. The minimum absolute atomic E-state index is 0.0865. The average molecular weight is 475 g/mol. The molecule has 184 valence electrons. The minimum atomic E-state index is -0.602. The van der Waals surface area contributed by atoms with E-state index in [1.165, 1.54) is 0 Å². The zero-order chi connectivity index (χ0) is 24.9. The molecule has 0 aliphatic carbocycles. The molecule has 2 amide bonds. The van der Waals surface area contributed by atoms with Gasteiger partial charge in [-0.2, -0.15) is 0 Å². The Morgan fingerprint density at radius 2 is 1.80 bits per heavy atom. The molecule has 2 heterocycles. The maximum absolute atomic E-state index is 13.2. The number of carbonyl (C=O) groups is 2. The largest absolute Gasteiger partial charge is 0.392 e. The smallest absolute Gasteiger partial charge is 0.253 e. The molecule has 2 aliphatic rings. The second kappa shape index (κ2) is 10.9. The van der Waals surface area contributed by atoms with Gasteiger partial charge in [-0.15, -0.1) is 0 Å². The zero-order valence-electron chi connectivity index (χ0n) is 20.5. The normalized spacial score (nSPS) is 16.1. The molecule has 2 aromatic carbocycles. The number of fused-ring (bicyclic) bond motifs is 1. The van der Waals surface area contributed by atoms with Crippen molar-refractivity contribution in [1.82, 2.24) is 9.80 Å². The summed E-state index contributed by atoms with van der Waals surface area (Å²) < 4.78 is 0. The van der Waals surface area contributed by atoms with Crippen molar-refractivity contribution in [2.45, 2.75) is 45.6 Å². The van der Waals surface area contributed by atoms with Crippen LogP contribution in [0.5, 0.6) is 0 Å². The SMILES string of the molecule is CCCN(CC(C)O)C(=O)C1=Cc2ccc(-c3ccc(C(=O)N4CCCC4)cc3)cc2N=C(N)C1. The fourth-order valence-corrected chi connectivity index (χ4v) is 4.68. The first-order chi connectivity index (χ1) is 16.9. The number of hydrogen-bond acceptors (Lipinski definition) is 5. The fourth-order valence-electron chi connectivity index (χ4n) is 4.68. The number of likely N-dealkylation sites (tertiary alicyclic amines) is 1. The highest BCUT2D eigenvalue weighted by Gasteiger charge is 2.23. The number of nitrogens with zero attached hydrogens (tertiary/aromatic N) is 3. The standard InChI is InChI=1S/C28H34N4O3/c1-3-12-32(18-19(2)33)28(35)24-15-23-11-10-22(16-25(23)30-26(29)17-24)20-6-8-21(9-7-20)27(34)31-13-4-5-14-31/h6-11,15-16,19,33H,3-5,12-14,17-18H2,1-2H3,(H2,29,30). The number of aliphatic hydroxyl groups is 1. The molecule has 0 saturated carbocycles. The van der Waals surface area contributed by atoms with Gasteiger partial charge in [0.1, 0.15) is 5.84 Å². The molecule has 7 heteroatoms. The molecule has 1 atom stereocenters. The molecule has 3 N–H and O–H groups in total. The van der Waals surface area contributed by atoms with E-state index in [1.807, 2.05) is 60.4 Å². The molecule has 0 radical (unpaired) electrons. The highest BCUT2D eigenvalue weighted by atomic mass is 16.3. The van der Waals surface area contributed by atoms with E-state index in [9.17, 15) is 14.7 Å². The molecule has 1 fully saturated rings. The molecule has 2 aliphatic heterocycles. The van der Waals surface area contributed by atoms with Crippen LogP contribution in [0.15, 0.2) is 53.0 Å². The quantitative estimate of drug-likeness (QED) is 0.634. The van der Waals surface area contributed by atoms with Crippen LogP contribution >= 0.6 is 0 Å². The maximum Gasteiger partial charge on any atom is 0.253 e. The molecule has 4 rings (SSSR count). The molecule has 7 nitrogen and oxygen atoms in total. The topological polar surface area (TPSA) is 99.2 Å². The van der Waals surface area contributed by atoms with Gasteiger partial charge < -0.3 is 20.6 Å². The third kappa shape index (κ3) is 5.80. The van der Waals surface area contributed by atoms with E-state index < -0.39 is 6.10 Å². The lowest BCUT2D eigenvalue weighted by Crippen LogP contribution is -2.38. The third-order valence-electron chi connectivity index (χ3n) is 6.39. The third-order valence-corrected chi connectivity index (χ3v) is 6.39. The monoisotopic (exact) mass is 474 g/mol. The van der Waals surface area contributed by atoms with Gasteiger partial charge in [-0.05, 0) is 61.6 Å². The van der Waals surface area contributed by atoms with Crippen molar-refractivity contribution in [3.8, 4) is 11.1 Å². The summed E-state index contributed by atoms with van der Waals surface area (Å²) in [6.07, 6.45) is 4.46. The van der Waals surface area contributed by atoms with Crippen molar-refractivity contribution in [1.29, 1.82) is 0 Å². The second-order valence-electron chi connectivity index (χ2n) is 9.40. The summed E-state index contributed by atoms with van der Waals surface area (Å²) in [6, 6.07) is 13.6. The van der Waals surface area contributed by atoms with Gasteiger partial charge in [0.05, 0.1) is 11.8 Å². The number of amidine groups is 1. The number of benzene rings is 2. The Morgan fingerprint density at radius 3 is 2.46 bits per heavy atom. The van der Waals surface area contributed by atoms with E-state index in [0.717, 1.165) is 49.0 Å². The maximum atomic E-state index is 13.2. The number of hydrogen-bond donors (Lipinski definition) is 2. The summed E-state index contributed by atoms with van der Waals surface area (Å²) in [6.45, 7) is 6.20. The van der Waals surface area contributed by atoms with E-state index in [1.54, 1.807) is 11.8 Å². The van der Waals surface area contributed by atoms with Gasteiger partial charge >= 0.3 is 0 Å². The number of carbonyl (C=O) groups excluding carboxylic acids is 2. The van der Waals surface area contributed by atoms with Crippen LogP contribution in [0, 0.1) is 0 Å². The van der Waals surface area contributed by atoms with Gasteiger partial charge in [-0.25, -0.2) is 4.99 Å².